The van der Waals surface area contributed by atoms with Crippen LogP contribution < -0.4 is 10.9 Å². The van der Waals surface area contributed by atoms with Gasteiger partial charge >= 0.3 is 5.97 Å². The van der Waals surface area contributed by atoms with Gasteiger partial charge in [-0.2, -0.15) is 0 Å². The van der Waals surface area contributed by atoms with Gasteiger partial charge in [0.2, 0.25) is 0 Å². The number of amides is 1. The Kier molecular flexibility index (Phi) is 4.22. The Bertz CT molecular complexity index is 579. The first-order valence-electron chi connectivity index (χ1n) is 6.70. The van der Waals surface area contributed by atoms with Crippen LogP contribution in [0.5, 0.6) is 0 Å². The normalized spacial score (nSPS) is 21.6. The van der Waals surface area contributed by atoms with Crippen LogP contribution in [-0.2, 0) is 4.79 Å². The van der Waals surface area contributed by atoms with Crippen LogP contribution in [0.25, 0.3) is 0 Å². The van der Waals surface area contributed by atoms with Gasteiger partial charge in [0, 0.05) is 12.2 Å². The lowest BCUT2D eigenvalue weighted by Gasteiger charge is -2.16. The molecule has 1 saturated carbocycles. The lowest BCUT2D eigenvalue weighted by molar-refractivity contribution is -0.142. The summed E-state index contributed by atoms with van der Waals surface area (Å²) in [5.74, 6) is -1.72. The number of hydrogen-bond acceptors (Lipinski definition) is 3. The molecule has 1 aliphatic rings. The molecule has 20 heavy (non-hydrogen) atoms. The molecule has 2 atom stereocenters. The van der Waals surface area contributed by atoms with Crippen molar-refractivity contribution in [1.82, 2.24) is 10.3 Å². The molecule has 108 valence electrons. The van der Waals surface area contributed by atoms with E-state index in [0.29, 0.717) is 18.7 Å². The maximum atomic E-state index is 11.9. The smallest absolute Gasteiger partial charge is 0.306 e. The Hall–Kier alpha value is -2.11. The molecular weight excluding hydrogens is 260 g/mol. The van der Waals surface area contributed by atoms with Crippen LogP contribution in [0.3, 0.4) is 0 Å². The second kappa shape index (κ2) is 5.90. The summed E-state index contributed by atoms with van der Waals surface area (Å²) < 4.78 is 0. The minimum absolute atomic E-state index is 0.0546. The third kappa shape index (κ3) is 3.07. The first-order chi connectivity index (χ1) is 9.49. The SMILES string of the molecule is Cc1ccc(C(=O)NCC2CCCC2C(=O)O)c(=O)[nH]1. The van der Waals surface area contributed by atoms with Gasteiger partial charge in [-0.25, -0.2) is 0 Å². The molecule has 0 radical (unpaired) electrons. The fourth-order valence-electron chi connectivity index (χ4n) is 2.68. The van der Waals surface area contributed by atoms with Crippen molar-refractivity contribution in [2.45, 2.75) is 26.2 Å². The zero-order chi connectivity index (χ0) is 14.7. The molecule has 0 aliphatic heterocycles. The van der Waals surface area contributed by atoms with Crippen molar-refractivity contribution in [1.29, 1.82) is 0 Å². The molecule has 0 saturated heterocycles. The standard InChI is InChI=1S/C14H18N2O4/c1-8-5-6-11(13(18)16-8)12(17)15-7-9-3-2-4-10(9)14(19)20/h5-6,9-10H,2-4,7H2,1H3,(H,15,17)(H,16,18)(H,19,20). The monoisotopic (exact) mass is 278 g/mol. The maximum absolute atomic E-state index is 11.9. The number of carbonyl (C=O) groups excluding carboxylic acids is 1. The van der Waals surface area contributed by atoms with Crippen LogP contribution in [-0.4, -0.2) is 28.5 Å². The predicted octanol–water partition coefficient (Wildman–Crippen LogP) is 0.914. The van der Waals surface area contributed by atoms with E-state index in [-0.39, 0.29) is 11.5 Å². The number of carboxylic acid groups (broad SMARTS) is 1. The zero-order valence-corrected chi connectivity index (χ0v) is 11.3. The number of nitrogens with one attached hydrogen (secondary N) is 2. The minimum atomic E-state index is -0.810. The molecule has 1 aromatic rings. The summed E-state index contributed by atoms with van der Waals surface area (Å²) in [5.41, 5.74) is 0.317. The van der Waals surface area contributed by atoms with Crippen molar-refractivity contribution >= 4 is 11.9 Å². The van der Waals surface area contributed by atoms with Crippen LogP contribution in [0.4, 0.5) is 0 Å². The third-order valence-corrected chi connectivity index (χ3v) is 3.80. The predicted molar refractivity (Wildman–Crippen MR) is 72.6 cm³/mol. The number of pyridine rings is 1. The molecule has 0 aromatic carbocycles. The van der Waals surface area contributed by atoms with Gasteiger partial charge in [0.1, 0.15) is 5.56 Å². The molecule has 1 aromatic heterocycles. The molecule has 0 spiro atoms. The number of aromatic amines is 1. The van der Waals surface area contributed by atoms with E-state index in [9.17, 15) is 14.4 Å². The van der Waals surface area contributed by atoms with Crippen LogP contribution in [0.2, 0.25) is 0 Å². The first-order valence-corrected chi connectivity index (χ1v) is 6.70. The largest absolute Gasteiger partial charge is 0.481 e. The summed E-state index contributed by atoms with van der Waals surface area (Å²) in [7, 11) is 0. The molecule has 3 N–H and O–H groups in total. The van der Waals surface area contributed by atoms with Crippen molar-refractivity contribution in [2.75, 3.05) is 6.54 Å². The van der Waals surface area contributed by atoms with E-state index < -0.39 is 23.4 Å². The van der Waals surface area contributed by atoms with Crippen molar-refractivity contribution in [3.8, 4) is 0 Å². The van der Waals surface area contributed by atoms with Gasteiger partial charge in [0.15, 0.2) is 0 Å². The van der Waals surface area contributed by atoms with E-state index in [1.54, 1.807) is 13.0 Å². The number of aromatic nitrogens is 1. The second-order valence-electron chi connectivity index (χ2n) is 5.23. The Morgan fingerprint density at radius 1 is 1.40 bits per heavy atom. The van der Waals surface area contributed by atoms with E-state index in [0.717, 1.165) is 12.8 Å². The highest BCUT2D eigenvalue weighted by atomic mass is 16.4. The molecule has 6 heteroatoms. The topological polar surface area (TPSA) is 99.3 Å². The van der Waals surface area contributed by atoms with Crippen molar-refractivity contribution in [3.05, 3.63) is 33.7 Å². The molecule has 6 nitrogen and oxygen atoms in total. The highest BCUT2D eigenvalue weighted by Gasteiger charge is 2.32. The summed E-state index contributed by atoms with van der Waals surface area (Å²) in [5, 5.41) is 11.7. The number of H-pyrrole nitrogens is 1. The van der Waals surface area contributed by atoms with Crippen molar-refractivity contribution in [3.63, 3.8) is 0 Å². The quantitative estimate of drug-likeness (QED) is 0.762. The van der Waals surface area contributed by atoms with Crippen LogP contribution in [0.15, 0.2) is 16.9 Å². The third-order valence-electron chi connectivity index (χ3n) is 3.80. The van der Waals surface area contributed by atoms with Crippen LogP contribution >= 0.6 is 0 Å². The molecule has 1 aliphatic carbocycles. The summed E-state index contributed by atoms with van der Waals surface area (Å²) in [6.45, 7) is 2.03. The lowest BCUT2D eigenvalue weighted by atomic mass is 9.96. The van der Waals surface area contributed by atoms with Crippen molar-refractivity contribution in [2.24, 2.45) is 11.8 Å². The summed E-state index contributed by atoms with van der Waals surface area (Å²) in [6.07, 6.45) is 2.31. The lowest BCUT2D eigenvalue weighted by Crippen LogP contribution is -2.35. The van der Waals surface area contributed by atoms with Gasteiger partial charge in [-0.3, -0.25) is 14.4 Å². The Balaban J connectivity index is 1.98. The number of aliphatic carboxylic acids is 1. The highest BCUT2D eigenvalue weighted by molar-refractivity contribution is 5.93. The summed E-state index contributed by atoms with van der Waals surface area (Å²) >= 11 is 0. The highest BCUT2D eigenvalue weighted by Crippen LogP contribution is 2.31. The van der Waals surface area contributed by atoms with Gasteiger partial charge in [-0.15, -0.1) is 0 Å². The molecule has 2 rings (SSSR count). The van der Waals surface area contributed by atoms with E-state index in [1.807, 2.05) is 0 Å². The Labute approximate surface area is 116 Å². The second-order valence-corrected chi connectivity index (χ2v) is 5.23. The maximum Gasteiger partial charge on any atom is 0.306 e. The molecule has 1 heterocycles. The first kappa shape index (κ1) is 14.3. The van der Waals surface area contributed by atoms with Crippen LogP contribution in [0.1, 0.15) is 35.3 Å². The van der Waals surface area contributed by atoms with E-state index >= 15 is 0 Å². The van der Waals surface area contributed by atoms with Gasteiger partial charge in [0.05, 0.1) is 5.92 Å². The summed E-state index contributed by atoms with van der Waals surface area (Å²) in [4.78, 5) is 37.2. The molecule has 1 amide bonds. The summed E-state index contributed by atoms with van der Waals surface area (Å²) in [6, 6.07) is 3.14. The number of rotatable bonds is 4. The zero-order valence-electron chi connectivity index (χ0n) is 11.3. The average molecular weight is 278 g/mol. The fraction of sp³-hybridized carbons (Fsp3) is 0.500. The Morgan fingerprint density at radius 2 is 2.15 bits per heavy atom. The number of hydrogen-bond donors (Lipinski definition) is 3. The number of aryl methyl sites for hydroxylation is 1. The molecule has 2 unspecified atom stereocenters. The van der Waals surface area contributed by atoms with Crippen molar-refractivity contribution < 1.29 is 14.7 Å². The minimum Gasteiger partial charge on any atom is -0.481 e. The van der Waals surface area contributed by atoms with Gasteiger partial charge in [-0.1, -0.05) is 6.42 Å². The van der Waals surface area contributed by atoms with E-state index in [4.69, 9.17) is 5.11 Å². The molecule has 1 fully saturated rings. The van der Waals surface area contributed by atoms with Gasteiger partial charge < -0.3 is 15.4 Å². The number of carbonyl (C=O) groups is 2. The van der Waals surface area contributed by atoms with E-state index in [1.165, 1.54) is 6.07 Å². The average Bonchev–Trinajstić information content (AvgIpc) is 2.84. The van der Waals surface area contributed by atoms with Gasteiger partial charge in [-0.05, 0) is 37.8 Å². The van der Waals surface area contributed by atoms with Crippen LogP contribution in [0, 0.1) is 18.8 Å². The molecule has 0 bridgehead atoms. The molecular formula is C14H18N2O4. The fourth-order valence-corrected chi connectivity index (χ4v) is 2.68. The number of carboxylic acids is 1. The van der Waals surface area contributed by atoms with Gasteiger partial charge in [0.25, 0.3) is 11.5 Å². The Morgan fingerprint density at radius 3 is 2.80 bits per heavy atom. The van der Waals surface area contributed by atoms with E-state index in [2.05, 4.69) is 10.3 Å².